The van der Waals surface area contributed by atoms with Gasteiger partial charge in [-0.3, -0.25) is 0 Å². The highest BCUT2D eigenvalue weighted by molar-refractivity contribution is 4.82. The summed E-state index contributed by atoms with van der Waals surface area (Å²) < 4.78 is 0. The number of nitrogens with two attached hydrogens (primary N) is 1. The molecule has 2 aliphatic carbocycles. The SMILES string of the molecule is NC1CCCC(NCC2CCCC(O)C2)C1. The van der Waals surface area contributed by atoms with E-state index in [1.807, 2.05) is 0 Å². The van der Waals surface area contributed by atoms with E-state index in [1.165, 1.54) is 32.1 Å². The number of rotatable bonds is 3. The van der Waals surface area contributed by atoms with Gasteiger partial charge in [0.1, 0.15) is 0 Å². The Labute approximate surface area is 98.8 Å². The molecule has 3 heteroatoms. The van der Waals surface area contributed by atoms with E-state index >= 15 is 0 Å². The Morgan fingerprint density at radius 1 is 1.06 bits per heavy atom. The zero-order chi connectivity index (χ0) is 11.4. The maximum Gasteiger partial charge on any atom is 0.0543 e. The summed E-state index contributed by atoms with van der Waals surface area (Å²) in [5.74, 6) is 0.682. The van der Waals surface area contributed by atoms with Crippen molar-refractivity contribution in [1.29, 1.82) is 0 Å². The van der Waals surface area contributed by atoms with Gasteiger partial charge < -0.3 is 16.2 Å². The number of aliphatic hydroxyl groups excluding tert-OH is 1. The largest absolute Gasteiger partial charge is 0.393 e. The van der Waals surface area contributed by atoms with Gasteiger partial charge in [-0.15, -0.1) is 0 Å². The molecule has 0 aromatic carbocycles. The van der Waals surface area contributed by atoms with E-state index in [9.17, 15) is 5.11 Å². The van der Waals surface area contributed by atoms with Crippen molar-refractivity contribution < 1.29 is 5.11 Å². The maximum atomic E-state index is 9.61. The van der Waals surface area contributed by atoms with Crippen molar-refractivity contribution in [2.45, 2.75) is 69.6 Å². The highest BCUT2D eigenvalue weighted by Crippen LogP contribution is 2.24. The first-order valence-corrected chi connectivity index (χ1v) is 6.91. The van der Waals surface area contributed by atoms with Gasteiger partial charge in [-0.05, 0) is 51.0 Å². The van der Waals surface area contributed by atoms with Crippen molar-refractivity contribution in [3.63, 3.8) is 0 Å². The lowest BCUT2D eigenvalue weighted by Crippen LogP contribution is -2.42. The van der Waals surface area contributed by atoms with Crippen molar-refractivity contribution in [3.8, 4) is 0 Å². The molecule has 94 valence electrons. The summed E-state index contributed by atoms with van der Waals surface area (Å²) in [5, 5.41) is 13.3. The molecule has 2 saturated carbocycles. The van der Waals surface area contributed by atoms with Crippen LogP contribution in [0.4, 0.5) is 0 Å². The van der Waals surface area contributed by atoms with E-state index in [0.29, 0.717) is 18.0 Å². The lowest BCUT2D eigenvalue weighted by molar-refractivity contribution is 0.0988. The van der Waals surface area contributed by atoms with Crippen molar-refractivity contribution in [3.05, 3.63) is 0 Å². The molecular weight excluding hydrogens is 200 g/mol. The lowest BCUT2D eigenvalue weighted by Gasteiger charge is -2.31. The van der Waals surface area contributed by atoms with Gasteiger partial charge in [0.15, 0.2) is 0 Å². The molecule has 0 aromatic rings. The molecule has 2 aliphatic rings. The molecule has 0 saturated heterocycles. The van der Waals surface area contributed by atoms with Gasteiger partial charge in [0.05, 0.1) is 6.10 Å². The zero-order valence-corrected chi connectivity index (χ0v) is 10.2. The minimum absolute atomic E-state index is 0.0471. The van der Waals surface area contributed by atoms with Gasteiger partial charge >= 0.3 is 0 Å². The van der Waals surface area contributed by atoms with Crippen LogP contribution in [-0.4, -0.2) is 29.8 Å². The third kappa shape index (κ3) is 3.72. The molecule has 0 spiro atoms. The Bertz CT molecular complexity index is 188. The van der Waals surface area contributed by atoms with Crippen molar-refractivity contribution in [2.24, 2.45) is 11.7 Å². The summed E-state index contributed by atoms with van der Waals surface area (Å²) in [4.78, 5) is 0. The molecule has 0 radical (unpaired) electrons. The van der Waals surface area contributed by atoms with Crippen LogP contribution in [0.2, 0.25) is 0 Å². The molecule has 2 rings (SSSR count). The second kappa shape index (κ2) is 5.99. The third-order valence-corrected chi connectivity index (χ3v) is 4.17. The van der Waals surface area contributed by atoms with Crippen LogP contribution in [0, 0.1) is 5.92 Å². The predicted octanol–water partition coefficient (Wildman–Crippen LogP) is 1.40. The van der Waals surface area contributed by atoms with Crippen LogP contribution in [0.3, 0.4) is 0 Å². The summed E-state index contributed by atoms with van der Waals surface area (Å²) in [7, 11) is 0. The van der Waals surface area contributed by atoms with E-state index in [4.69, 9.17) is 5.73 Å². The topological polar surface area (TPSA) is 58.3 Å². The van der Waals surface area contributed by atoms with Crippen molar-refractivity contribution in [2.75, 3.05) is 6.54 Å². The Balaban J connectivity index is 1.66. The Hall–Kier alpha value is -0.120. The van der Waals surface area contributed by atoms with Crippen molar-refractivity contribution >= 4 is 0 Å². The first kappa shape index (κ1) is 12.3. The Morgan fingerprint density at radius 2 is 1.88 bits per heavy atom. The third-order valence-electron chi connectivity index (χ3n) is 4.17. The average Bonchev–Trinajstić information content (AvgIpc) is 2.27. The lowest BCUT2D eigenvalue weighted by atomic mass is 9.86. The van der Waals surface area contributed by atoms with Crippen LogP contribution in [0.25, 0.3) is 0 Å². The van der Waals surface area contributed by atoms with E-state index in [-0.39, 0.29) is 6.10 Å². The van der Waals surface area contributed by atoms with Gasteiger partial charge in [-0.2, -0.15) is 0 Å². The Morgan fingerprint density at radius 3 is 2.62 bits per heavy atom. The molecule has 0 amide bonds. The highest BCUT2D eigenvalue weighted by atomic mass is 16.3. The quantitative estimate of drug-likeness (QED) is 0.682. The minimum atomic E-state index is -0.0471. The molecule has 0 heterocycles. The second-order valence-electron chi connectivity index (χ2n) is 5.72. The van der Waals surface area contributed by atoms with Gasteiger partial charge in [0.2, 0.25) is 0 Å². The average molecular weight is 226 g/mol. The van der Waals surface area contributed by atoms with Gasteiger partial charge in [0, 0.05) is 12.1 Å². The number of nitrogens with one attached hydrogen (secondary N) is 1. The van der Waals surface area contributed by atoms with E-state index < -0.39 is 0 Å². The molecule has 4 atom stereocenters. The van der Waals surface area contributed by atoms with Gasteiger partial charge in [0.25, 0.3) is 0 Å². The zero-order valence-electron chi connectivity index (χ0n) is 10.2. The number of hydrogen-bond donors (Lipinski definition) is 3. The summed E-state index contributed by atoms with van der Waals surface area (Å²) in [5.41, 5.74) is 5.98. The fourth-order valence-corrected chi connectivity index (χ4v) is 3.19. The van der Waals surface area contributed by atoms with Gasteiger partial charge in [-0.25, -0.2) is 0 Å². The van der Waals surface area contributed by atoms with Crippen LogP contribution < -0.4 is 11.1 Å². The van der Waals surface area contributed by atoms with Crippen LogP contribution in [-0.2, 0) is 0 Å². The number of aliphatic hydroxyl groups is 1. The molecule has 0 bridgehead atoms. The normalized spacial score (nSPS) is 40.9. The molecule has 3 nitrogen and oxygen atoms in total. The molecule has 4 N–H and O–H groups in total. The summed E-state index contributed by atoms with van der Waals surface area (Å²) >= 11 is 0. The molecular formula is C13H26N2O. The number of hydrogen-bond acceptors (Lipinski definition) is 3. The highest BCUT2D eigenvalue weighted by Gasteiger charge is 2.23. The Kier molecular flexibility index (Phi) is 4.62. The summed E-state index contributed by atoms with van der Waals surface area (Å²) in [6, 6.07) is 1.03. The van der Waals surface area contributed by atoms with E-state index in [2.05, 4.69) is 5.32 Å². The summed E-state index contributed by atoms with van der Waals surface area (Å²) in [6.07, 6.45) is 9.30. The first-order chi connectivity index (χ1) is 7.74. The van der Waals surface area contributed by atoms with E-state index in [0.717, 1.165) is 25.8 Å². The maximum absolute atomic E-state index is 9.61. The molecule has 16 heavy (non-hydrogen) atoms. The summed E-state index contributed by atoms with van der Waals surface area (Å²) in [6.45, 7) is 1.08. The van der Waals surface area contributed by atoms with Gasteiger partial charge in [-0.1, -0.05) is 12.8 Å². The van der Waals surface area contributed by atoms with Crippen molar-refractivity contribution in [1.82, 2.24) is 5.32 Å². The molecule has 0 aromatic heterocycles. The second-order valence-corrected chi connectivity index (χ2v) is 5.72. The van der Waals surface area contributed by atoms with Crippen LogP contribution in [0.15, 0.2) is 0 Å². The molecule has 4 unspecified atom stereocenters. The standard InChI is InChI=1S/C13H26N2O/c14-11-4-2-5-12(8-11)15-9-10-3-1-6-13(16)7-10/h10-13,15-16H,1-9,14H2. The minimum Gasteiger partial charge on any atom is -0.393 e. The smallest absolute Gasteiger partial charge is 0.0543 e. The fraction of sp³-hybridized carbons (Fsp3) is 1.00. The molecule has 2 fully saturated rings. The monoisotopic (exact) mass is 226 g/mol. The van der Waals surface area contributed by atoms with Crippen LogP contribution in [0.1, 0.15) is 51.4 Å². The van der Waals surface area contributed by atoms with Crippen LogP contribution >= 0.6 is 0 Å². The molecule has 0 aliphatic heterocycles. The predicted molar refractivity (Wildman–Crippen MR) is 66.2 cm³/mol. The van der Waals surface area contributed by atoms with Crippen LogP contribution in [0.5, 0.6) is 0 Å². The van der Waals surface area contributed by atoms with E-state index in [1.54, 1.807) is 0 Å². The first-order valence-electron chi connectivity index (χ1n) is 6.91. The fourth-order valence-electron chi connectivity index (χ4n) is 3.19.